The van der Waals surface area contributed by atoms with E-state index in [2.05, 4.69) is 15.9 Å². The van der Waals surface area contributed by atoms with Crippen LogP contribution >= 0.6 is 15.9 Å². The molecule has 0 saturated heterocycles. The SMILES string of the molecule is CC1CCc2cc(C(=O)O)cc(Br)c2O1. The molecule has 4 heteroatoms. The minimum absolute atomic E-state index is 0.199. The Morgan fingerprint density at radius 2 is 2.33 bits per heavy atom. The van der Waals surface area contributed by atoms with E-state index in [0.717, 1.165) is 28.6 Å². The Bertz CT molecular complexity index is 415. The van der Waals surface area contributed by atoms with Crippen LogP contribution in [-0.4, -0.2) is 17.2 Å². The Morgan fingerprint density at radius 3 is 3.00 bits per heavy atom. The molecular weight excluding hydrogens is 260 g/mol. The van der Waals surface area contributed by atoms with E-state index in [1.54, 1.807) is 12.1 Å². The van der Waals surface area contributed by atoms with E-state index >= 15 is 0 Å². The molecule has 1 atom stereocenters. The molecule has 0 aromatic heterocycles. The van der Waals surface area contributed by atoms with E-state index in [9.17, 15) is 4.79 Å². The van der Waals surface area contributed by atoms with Crippen LogP contribution in [0.4, 0.5) is 0 Å². The molecular formula is C11H11BrO3. The molecule has 1 aromatic rings. The highest BCUT2D eigenvalue weighted by Gasteiger charge is 2.20. The van der Waals surface area contributed by atoms with Crippen molar-refractivity contribution in [2.24, 2.45) is 0 Å². The Hall–Kier alpha value is -1.03. The van der Waals surface area contributed by atoms with Crippen LogP contribution in [0.2, 0.25) is 0 Å². The number of carboxylic acid groups (broad SMARTS) is 1. The topological polar surface area (TPSA) is 46.5 Å². The van der Waals surface area contributed by atoms with Gasteiger partial charge in [-0.25, -0.2) is 4.79 Å². The van der Waals surface area contributed by atoms with Gasteiger partial charge in [0.1, 0.15) is 5.75 Å². The Balaban J connectivity index is 2.48. The van der Waals surface area contributed by atoms with Gasteiger partial charge in [-0.2, -0.15) is 0 Å². The highest BCUT2D eigenvalue weighted by atomic mass is 79.9. The third-order valence-corrected chi connectivity index (χ3v) is 3.10. The average molecular weight is 271 g/mol. The fourth-order valence-electron chi connectivity index (χ4n) is 1.71. The molecule has 0 aliphatic carbocycles. The summed E-state index contributed by atoms with van der Waals surface area (Å²) >= 11 is 3.34. The van der Waals surface area contributed by atoms with Crippen LogP contribution in [0.1, 0.15) is 29.3 Å². The van der Waals surface area contributed by atoms with Crippen molar-refractivity contribution in [3.63, 3.8) is 0 Å². The van der Waals surface area contributed by atoms with Crippen LogP contribution in [-0.2, 0) is 6.42 Å². The summed E-state index contributed by atoms with van der Waals surface area (Å²) in [5, 5.41) is 8.90. The zero-order chi connectivity index (χ0) is 11.0. The summed E-state index contributed by atoms with van der Waals surface area (Å²) in [6, 6.07) is 3.27. The summed E-state index contributed by atoms with van der Waals surface area (Å²) in [6.45, 7) is 2.01. The zero-order valence-electron chi connectivity index (χ0n) is 8.29. The van der Waals surface area contributed by atoms with E-state index in [1.165, 1.54) is 0 Å². The fraction of sp³-hybridized carbons (Fsp3) is 0.364. The number of carboxylic acids is 1. The molecule has 0 amide bonds. The zero-order valence-corrected chi connectivity index (χ0v) is 9.87. The predicted molar refractivity (Wildman–Crippen MR) is 59.5 cm³/mol. The smallest absolute Gasteiger partial charge is 0.335 e. The first-order chi connectivity index (χ1) is 7.08. The molecule has 3 nitrogen and oxygen atoms in total. The van der Waals surface area contributed by atoms with E-state index in [-0.39, 0.29) is 6.10 Å². The van der Waals surface area contributed by atoms with Gasteiger partial charge < -0.3 is 9.84 Å². The summed E-state index contributed by atoms with van der Waals surface area (Å²) in [7, 11) is 0. The Kier molecular flexibility index (Phi) is 2.69. The van der Waals surface area contributed by atoms with Crippen molar-refractivity contribution in [3.8, 4) is 5.75 Å². The number of fused-ring (bicyclic) bond motifs is 1. The van der Waals surface area contributed by atoms with Gasteiger partial charge in [0.05, 0.1) is 16.1 Å². The minimum Gasteiger partial charge on any atom is -0.489 e. The molecule has 0 fully saturated rings. The molecule has 0 spiro atoms. The summed E-state index contributed by atoms with van der Waals surface area (Å²) in [6.07, 6.45) is 2.00. The number of aromatic carboxylic acids is 1. The minimum atomic E-state index is -0.905. The molecule has 0 radical (unpaired) electrons. The number of hydrogen-bond acceptors (Lipinski definition) is 2. The Morgan fingerprint density at radius 1 is 1.60 bits per heavy atom. The van der Waals surface area contributed by atoms with Crippen LogP contribution < -0.4 is 4.74 Å². The lowest BCUT2D eigenvalue weighted by molar-refractivity contribution is 0.0696. The molecule has 1 heterocycles. The quantitative estimate of drug-likeness (QED) is 0.854. The molecule has 15 heavy (non-hydrogen) atoms. The van der Waals surface area contributed by atoms with Gasteiger partial charge in [0, 0.05) is 0 Å². The molecule has 1 aliphatic heterocycles. The maximum atomic E-state index is 10.8. The van der Waals surface area contributed by atoms with Crippen molar-refractivity contribution in [2.75, 3.05) is 0 Å². The average Bonchev–Trinajstić information content (AvgIpc) is 2.18. The van der Waals surface area contributed by atoms with E-state index in [0.29, 0.717) is 5.56 Å². The number of rotatable bonds is 1. The lowest BCUT2D eigenvalue weighted by atomic mass is 10.0. The first-order valence-corrected chi connectivity index (χ1v) is 5.59. The fourth-order valence-corrected chi connectivity index (χ4v) is 2.31. The van der Waals surface area contributed by atoms with Crippen LogP contribution in [0.15, 0.2) is 16.6 Å². The molecule has 0 saturated carbocycles. The van der Waals surface area contributed by atoms with Crippen molar-refractivity contribution in [1.29, 1.82) is 0 Å². The van der Waals surface area contributed by atoms with Crippen molar-refractivity contribution < 1.29 is 14.6 Å². The number of aryl methyl sites for hydroxylation is 1. The summed E-state index contributed by atoms with van der Waals surface area (Å²) in [4.78, 5) is 10.8. The largest absolute Gasteiger partial charge is 0.489 e. The van der Waals surface area contributed by atoms with E-state index in [4.69, 9.17) is 9.84 Å². The third kappa shape index (κ3) is 2.00. The van der Waals surface area contributed by atoms with Crippen LogP contribution in [0.5, 0.6) is 5.75 Å². The number of hydrogen-bond donors (Lipinski definition) is 1. The first kappa shape index (κ1) is 10.5. The van der Waals surface area contributed by atoms with Crippen molar-refractivity contribution in [1.82, 2.24) is 0 Å². The Labute approximate surface area is 96.2 Å². The standard InChI is InChI=1S/C11H11BrO3/c1-6-2-3-7-4-8(11(13)14)5-9(12)10(7)15-6/h4-6H,2-3H2,1H3,(H,13,14). The molecule has 1 aliphatic rings. The van der Waals surface area contributed by atoms with Gasteiger partial charge in [-0.15, -0.1) is 0 Å². The maximum absolute atomic E-state index is 10.8. The van der Waals surface area contributed by atoms with Crippen molar-refractivity contribution >= 4 is 21.9 Å². The molecule has 80 valence electrons. The number of ether oxygens (including phenoxy) is 1. The summed E-state index contributed by atoms with van der Waals surface area (Å²) in [5.74, 6) is -0.115. The van der Waals surface area contributed by atoms with Crippen molar-refractivity contribution in [2.45, 2.75) is 25.9 Å². The normalized spacial score (nSPS) is 19.2. The monoisotopic (exact) mass is 270 g/mol. The highest BCUT2D eigenvalue weighted by molar-refractivity contribution is 9.10. The molecule has 0 bridgehead atoms. The van der Waals surface area contributed by atoms with Gasteiger partial charge in [-0.05, 0) is 53.4 Å². The van der Waals surface area contributed by atoms with Crippen LogP contribution in [0, 0.1) is 0 Å². The first-order valence-electron chi connectivity index (χ1n) is 4.80. The van der Waals surface area contributed by atoms with Crippen LogP contribution in [0.3, 0.4) is 0 Å². The third-order valence-electron chi connectivity index (χ3n) is 2.51. The molecule has 1 aromatic carbocycles. The van der Waals surface area contributed by atoms with Gasteiger partial charge in [0.25, 0.3) is 0 Å². The van der Waals surface area contributed by atoms with Crippen molar-refractivity contribution in [3.05, 3.63) is 27.7 Å². The molecule has 1 unspecified atom stereocenters. The van der Waals surface area contributed by atoms with Gasteiger partial charge >= 0.3 is 5.97 Å². The lowest BCUT2D eigenvalue weighted by Gasteiger charge is -2.24. The van der Waals surface area contributed by atoms with Crippen LogP contribution in [0.25, 0.3) is 0 Å². The second-order valence-corrected chi connectivity index (χ2v) is 4.57. The van der Waals surface area contributed by atoms with E-state index < -0.39 is 5.97 Å². The molecule has 1 N–H and O–H groups in total. The highest BCUT2D eigenvalue weighted by Crippen LogP contribution is 2.35. The number of halogens is 1. The number of benzene rings is 1. The summed E-state index contributed by atoms with van der Waals surface area (Å²) < 4.78 is 6.38. The second kappa shape index (κ2) is 3.85. The van der Waals surface area contributed by atoms with Gasteiger partial charge in [-0.1, -0.05) is 0 Å². The maximum Gasteiger partial charge on any atom is 0.335 e. The van der Waals surface area contributed by atoms with Gasteiger partial charge in [0.2, 0.25) is 0 Å². The van der Waals surface area contributed by atoms with E-state index in [1.807, 2.05) is 6.92 Å². The second-order valence-electron chi connectivity index (χ2n) is 3.72. The van der Waals surface area contributed by atoms with Gasteiger partial charge in [-0.3, -0.25) is 0 Å². The summed E-state index contributed by atoms with van der Waals surface area (Å²) in [5.41, 5.74) is 1.28. The molecule has 2 rings (SSSR count). The predicted octanol–water partition coefficient (Wildman–Crippen LogP) is 2.86. The number of carbonyl (C=O) groups is 1. The van der Waals surface area contributed by atoms with Gasteiger partial charge in [0.15, 0.2) is 0 Å². The lowest BCUT2D eigenvalue weighted by Crippen LogP contribution is -2.19.